The molecule has 2 aromatic rings. The number of esters is 1. The number of benzene rings is 2. The first kappa shape index (κ1) is 23.7. The first-order valence-electron chi connectivity index (χ1n) is 11.3. The van der Waals surface area contributed by atoms with Crippen molar-refractivity contribution >= 4 is 16.0 Å². The fourth-order valence-corrected chi connectivity index (χ4v) is 7.23. The molecule has 8 heteroatoms. The Labute approximate surface area is 195 Å². The monoisotopic (exact) mass is 473 g/mol. The van der Waals surface area contributed by atoms with Gasteiger partial charge < -0.3 is 14.6 Å². The number of aryl methyl sites for hydroxylation is 1. The predicted molar refractivity (Wildman–Crippen MR) is 126 cm³/mol. The molecule has 2 aromatic carbocycles. The molecule has 4 rings (SSSR count). The highest BCUT2D eigenvalue weighted by Gasteiger charge is 2.55. The predicted octanol–water partition coefficient (Wildman–Crippen LogP) is 3.60. The Balaban J connectivity index is 1.49. The van der Waals surface area contributed by atoms with Gasteiger partial charge in [0.25, 0.3) is 0 Å². The second-order valence-corrected chi connectivity index (χ2v) is 11.1. The van der Waals surface area contributed by atoms with Gasteiger partial charge in [-0.15, -0.1) is 0 Å². The molecule has 0 unspecified atom stereocenters. The van der Waals surface area contributed by atoms with Gasteiger partial charge in [-0.2, -0.15) is 0 Å². The molecule has 2 aliphatic heterocycles. The van der Waals surface area contributed by atoms with E-state index in [2.05, 4.69) is 18.2 Å². The van der Waals surface area contributed by atoms with E-state index in [1.807, 2.05) is 19.1 Å². The Morgan fingerprint density at radius 3 is 2.42 bits per heavy atom. The number of piperidine rings is 1. The summed E-state index contributed by atoms with van der Waals surface area (Å²) in [5, 5.41) is 9.79. The number of hydrogen-bond acceptors (Lipinski definition) is 6. The number of methoxy groups -OCH3 is 1. The molecule has 0 atom stereocenters. The third kappa shape index (κ3) is 4.39. The Bertz CT molecular complexity index is 1120. The van der Waals surface area contributed by atoms with Crippen LogP contribution in [0, 0.1) is 6.92 Å². The molecule has 178 valence electrons. The third-order valence-corrected chi connectivity index (χ3v) is 9.63. The molecule has 1 N–H and O–H groups in total. The first-order valence-corrected chi connectivity index (χ1v) is 12.8. The molecular weight excluding hydrogens is 442 g/mol. The molecule has 2 saturated heterocycles. The van der Waals surface area contributed by atoms with Crippen molar-refractivity contribution in [1.82, 2.24) is 4.31 Å². The van der Waals surface area contributed by atoms with Crippen LogP contribution in [0.2, 0.25) is 0 Å². The largest absolute Gasteiger partial charge is 0.508 e. The van der Waals surface area contributed by atoms with Crippen molar-refractivity contribution in [3.8, 4) is 16.9 Å². The minimum Gasteiger partial charge on any atom is -0.508 e. The summed E-state index contributed by atoms with van der Waals surface area (Å²) in [6.45, 7) is 3.26. The highest BCUT2D eigenvalue weighted by atomic mass is 32.2. The van der Waals surface area contributed by atoms with Crippen LogP contribution in [0.1, 0.15) is 42.7 Å². The van der Waals surface area contributed by atoms with Crippen LogP contribution in [-0.4, -0.2) is 62.0 Å². The summed E-state index contributed by atoms with van der Waals surface area (Å²) in [4.78, 5) is 12.6. The lowest BCUT2D eigenvalue weighted by Crippen LogP contribution is -2.57. The molecule has 0 saturated carbocycles. The van der Waals surface area contributed by atoms with Crippen molar-refractivity contribution in [3.63, 3.8) is 0 Å². The van der Waals surface area contributed by atoms with Gasteiger partial charge in [0.15, 0.2) is 4.75 Å². The molecule has 0 radical (unpaired) electrons. The topological polar surface area (TPSA) is 93.1 Å². The second kappa shape index (κ2) is 9.44. The number of hydrogen-bond donors (Lipinski definition) is 1. The number of carbonyl (C=O) groups is 1. The molecule has 33 heavy (non-hydrogen) atoms. The van der Waals surface area contributed by atoms with Crippen LogP contribution in [0.4, 0.5) is 0 Å². The van der Waals surface area contributed by atoms with Crippen LogP contribution in [0.15, 0.2) is 42.5 Å². The van der Waals surface area contributed by atoms with E-state index in [9.17, 15) is 18.3 Å². The van der Waals surface area contributed by atoms with Crippen molar-refractivity contribution in [1.29, 1.82) is 0 Å². The van der Waals surface area contributed by atoms with Crippen LogP contribution in [0.5, 0.6) is 5.75 Å². The van der Waals surface area contributed by atoms with E-state index in [0.717, 1.165) is 16.7 Å². The minimum absolute atomic E-state index is 0.123. The fraction of sp³-hybridized carbons (Fsp3) is 0.480. The Hall–Kier alpha value is -2.42. The minimum atomic E-state index is -3.86. The van der Waals surface area contributed by atoms with E-state index in [0.29, 0.717) is 25.9 Å². The lowest BCUT2D eigenvalue weighted by Gasteiger charge is -2.40. The van der Waals surface area contributed by atoms with Crippen LogP contribution in [0.3, 0.4) is 0 Å². The normalized spacial score (nSPS) is 19.8. The quantitative estimate of drug-likeness (QED) is 0.667. The fourth-order valence-electron chi connectivity index (χ4n) is 5.07. The van der Waals surface area contributed by atoms with Gasteiger partial charge in [-0.05, 0) is 60.1 Å². The smallest absolute Gasteiger partial charge is 0.328 e. The number of ether oxygens (including phenoxy) is 2. The molecule has 7 nitrogen and oxygen atoms in total. The van der Waals surface area contributed by atoms with Crippen molar-refractivity contribution in [2.75, 3.05) is 33.4 Å². The van der Waals surface area contributed by atoms with E-state index in [1.54, 1.807) is 12.1 Å². The zero-order valence-electron chi connectivity index (χ0n) is 19.1. The van der Waals surface area contributed by atoms with Gasteiger partial charge >= 0.3 is 5.97 Å². The van der Waals surface area contributed by atoms with Gasteiger partial charge in [0.2, 0.25) is 10.0 Å². The zero-order valence-corrected chi connectivity index (χ0v) is 19.9. The van der Waals surface area contributed by atoms with Gasteiger partial charge in [-0.1, -0.05) is 30.3 Å². The molecular formula is C25H31NO6S. The number of phenolic OH excluding ortho intramolecular Hbond substituents is 1. The van der Waals surface area contributed by atoms with Gasteiger partial charge in [0.1, 0.15) is 5.75 Å². The van der Waals surface area contributed by atoms with Crippen LogP contribution < -0.4 is 0 Å². The number of rotatable bonds is 5. The summed E-state index contributed by atoms with van der Waals surface area (Å²) < 4.78 is 37.2. The van der Waals surface area contributed by atoms with Gasteiger partial charge in [-0.3, -0.25) is 4.79 Å². The summed E-state index contributed by atoms with van der Waals surface area (Å²) in [6.07, 6.45) is 1.63. The Morgan fingerprint density at radius 2 is 1.82 bits per heavy atom. The van der Waals surface area contributed by atoms with E-state index in [4.69, 9.17) is 9.47 Å². The number of nitrogens with zero attached hydrogens (tertiary/aromatic N) is 1. The Morgan fingerprint density at radius 1 is 1.12 bits per heavy atom. The lowest BCUT2D eigenvalue weighted by atomic mass is 9.87. The van der Waals surface area contributed by atoms with E-state index in [-0.39, 0.29) is 37.7 Å². The third-order valence-electron chi connectivity index (χ3n) is 7.02. The van der Waals surface area contributed by atoms with E-state index in [1.165, 1.54) is 17.0 Å². The average Bonchev–Trinajstić information content (AvgIpc) is 2.83. The van der Waals surface area contributed by atoms with Gasteiger partial charge in [0.05, 0.1) is 7.11 Å². The average molecular weight is 474 g/mol. The number of carbonyl (C=O) groups excluding carboxylic acids is 1. The maximum atomic E-state index is 13.5. The van der Waals surface area contributed by atoms with E-state index < -0.39 is 20.7 Å². The second-order valence-electron chi connectivity index (χ2n) is 8.90. The van der Waals surface area contributed by atoms with Crippen LogP contribution in [-0.2, 0) is 24.3 Å². The highest BCUT2D eigenvalue weighted by molar-refractivity contribution is 7.91. The molecule has 0 amide bonds. The standard InChI is InChI=1S/C25H31NO6S/c1-18-16-20(6-7-23(18)21-4-3-5-22(27)17-21)19-8-12-26(13-9-19)33(29,30)25(24(28)31-2)10-14-32-15-11-25/h3-7,16-17,19,27H,8-15H2,1-2H3. The van der Waals surface area contributed by atoms with E-state index >= 15 is 0 Å². The van der Waals surface area contributed by atoms with Crippen LogP contribution in [0.25, 0.3) is 11.1 Å². The molecule has 0 bridgehead atoms. The molecule has 2 aliphatic rings. The maximum Gasteiger partial charge on any atom is 0.328 e. The number of aromatic hydroxyl groups is 1. The Kier molecular flexibility index (Phi) is 6.79. The van der Waals surface area contributed by atoms with Crippen LogP contribution >= 0.6 is 0 Å². The molecule has 0 spiro atoms. The SMILES string of the molecule is COC(=O)C1(S(=O)(=O)N2CCC(c3ccc(-c4cccc(O)c4)c(C)c3)CC2)CCOCC1. The molecule has 0 aromatic heterocycles. The summed E-state index contributed by atoms with van der Waals surface area (Å²) in [5.74, 6) is -0.206. The van der Waals surface area contributed by atoms with Crippen molar-refractivity contribution in [3.05, 3.63) is 53.6 Å². The summed E-state index contributed by atoms with van der Waals surface area (Å²) in [7, 11) is -2.62. The molecule has 0 aliphatic carbocycles. The first-order chi connectivity index (χ1) is 15.8. The van der Waals surface area contributed by atoms with Crippen molar-refractivity contribution < 1.29 is 27.8 Å². The van der Waals surface area contributed by atoms with Crippen molar-refractivity contribution in [2.24, 2.45) is 0 Å². The van der Waals surface area contributed by atoms with Gasteiger partial charge in [-0.25, -0.2) is 12.7 Å². The maximum absolute atomic E-state index is 13.5. The zero-order chi connectivity index (χ0) is 23.6. The summed E-state index contributed by atoms with van der Waals surface area (Å²) in [6, 6.07) is 13.5. The summed E-state index contributed by atoms with van der Waals surface area (Å²) in [5.41, 5.74) is 4.32. The van der Waals surface area contributed by atoms with Gasteiger partial charge in [0, 0.05) is 39.1 Å². The number of sulfonamides is 1. The highest BCUT2D eigenvalue weighted by Crippen LogP contribution is 2.38. The molecule has 2 fully saturated rings. The number of phenols is 1. The molecule has 2 heterocycles. The van der Waals surface area contributed by atoms with Crippen molar-refractivity contribution in [2.45, 2.75) is 43.3 Å². The lowest BCUT2D eigenvalue weighted by molar-refractivity contribution is -0.146. The summed E-state index contributed by atoms with van der Waals surface area (Å²) >= 11 is 0.